The van der Waals surface area contributed by atoms with Crippen LogP contribution in [-0.4, -0.2) is 32.8 Å². The Morgan fingerprint density at radius 1 is 1.15 bits per heavy atom. The fraction of sp³-hybridized carbons (Fsp3) is 0.231. The Bertz CT molecular complexity index is 1330. The van der Waals surface area contributed by atoms with Gasteiger partial charge in [-0.15, -0.1) is 16.8 Å². The van der Waals surface area contributed by atoms with Gasteiger partial charge in [-0.3, -0.25) is 4.98 Å². The molecule has 0 spiro atoms. The van der Waals surface area contributed by atoms with Gasteiger partial charge in [0.15, 0.2) is 5.16 Å². The number of pyridine rings is 1. The monoisotopic (exact) mass is 456 g/mol. The van der Waals surface area contributed by atoms with Crippen LogP contribution in [0.2, 0.25) is 0 Å². The Hall–Kier alpha value is -3.45. The van der Waals surface area contributed by atoms with Crippen molar-refractivity contribution in [1.82, 2.24) is 19.7 Å². The molecule has 1 aliphatic rings. The highest BCUT2D eigenvalue weighted by Crippen LogP contribution is 2.41. The van der Waals surface area contributed by atoms with E-state index in [0.29, 0.717) is 29.5 Å². The van der Waals surface area contributed by atoms with Crippen LogP contribution in [0.3, 0.4) is 0 Å². The van der Waals surface area contributed by atoms with Gasteiger partial charge in [-0.05, 0) is 24.5 Å². The van der Waals surface area contributed by atoms with Crippen molar-refractivity contribution in [3.05, 3.63) is 84.3 Å². The maximum atomic E-state index is 13.0. The fourth-order valence-corrected chi connectivity index (χ4v) is 4.97. The molecule has 2 heterocycles. The molecule has 5 rings (SSSR count). The number of rotatable bonds is 8. The molecule has 0 N–H and O–H groups in total. The number of carbonyl (C=O) groups is 1. The molecule has 0 aliphatic heterocycles. The third-order valence-corrected chi connectivity index (χ3v) is 6.73. The second-order valence-corrected chi connectivity index (χ2v) is 8.93. The van der Waals surface area contributed by atoms with Gasteiger partial charge in [0.25, 0.3) is 0 Å². The summed E-state index contributed by atoms with van der Waals surface area (Å²) in [4.78, 5) is 17.9. The number of allylic oxidation sites excluding steroid dienone is 1. The van der Waals surface area contributed by atoms with E-state index in [2.05, 4.69) is 21.3 Å². The van der Waals surface area contributed by atoms with Crippen LogP contribution in [0, 0.1) is 0 Å². The number of hydrogen-bond donors (Lipinski definition) is 0. The van der Waals surface area contributed by atoms with E-state index in [1.165, 1.54) is 18.9 Å². The summed E-state index contributed by atoms with van der Waals surface area (Å²) in [6, 6.07) is 17.8. The van der Waals surface area contributed by atoms with Crippen molar-refractivity contribution in [3.63, 3.8) is 0 Å². The van der Waals surface area contributed by atoms with Crippen LogP contribution in [0.15, 0.2) is 72.4 Å². The number of nitrogens with zero attached hydrogens (tertiary/aromatic N) is 4. The Morgan fingerprint density at radius 2 is 1.91 bits per heavy atom. The van der Waals surface area contributed by atoms with E-state index in [1.54, 1.807) is 0 Å². The van der Waals surface area contributed by atoms with Gasteiger partial charge < -0.3 is 9.30 Å². The molecular formula is C26H24N4O2S. The quantitative estimate of drug-likeness (QED) is 0.194. The second kappa shape index (κ2) is 9.19. The molecule has 0 atom stereocenters. The summed E-state index contributed by atoms with van der Waals surface area (Å²) >= 11 is 1.53. The Kier molecular flexibility index (Phi) is 5.96. The topological polar surface area (TPSA) is 69.9 Å². The summed E-state index contributed by atoms with van der Waals surface area (Å²) in [7, 11) is 1.41. The minimum Gasteiger partial charge on any atom is -0.465 e. The van der Waals surface area contributed by atoms with Gasteiger partial charge in [0.2, 0.25) is 0 Å². The van der Waals surface area contributed by atoms with Crippen LogP contribution in [-0.2, 0) is 17.0 Å². The summed E-state index contributed by atoms with van der Waals surface area (Å²) < 4.78 is 7.33. The number of carbonyl (C=O) groups excluding carboxylic acids is 1. The van der Waals surface area contributed by atoms with E-state index in [9.17, 15) is 4.79 Å². The molecule has 0 unspecified atom stereocenters. The van der Waals surface area contributed by atoms with Crippen LogP contribution in [0.4, 0.5) is 0 Å². The summed E-state index contributed by atoms with van der Waals surface area (Å²) in [5.41, 5.74) is 3.80. The van der Waals surface area contributed by atoms with Gasteiger partial charge in [0.05, 0.1) is 23.9 Å². The van der Waals surface area contributed by atoms with E-state index < -0.39 is 5.97 Å². The van der Waals surface area contributed by atoms with E-state index >= 15 is 0 Å². The SMILES string of the molecule is C=CCn1c(SCc2nc3ccccc3c(-c3ccccc3)c2C(=O)OC)nnc1C1CC1. The second-order valence-electron chi connectivity index (χ2n) is 7.99. The molecule has 1 aliphatic carbocycles. The lowest BCUT2D eigenvalue weighted by Crippen LogP contribution is -2.11. The van der Waals surface area contributed by atoms with E-state index in [4.69, 9.17) is 9.72 Å². The Balaban J connectivity index is 1.61. The maximum Gasteiger partial charge on any atom is 0.340 e. The number of benzene rings is 2. The molecule has 2 aromatic carbocycles. The van der Waals surface area contributed by atoms with Crippen molar-refractivity contribution in [2.45, 2.75) is 36.2 Å². The molecule has 2 aromatic heterocycles. The van der Waals surface area contributed by atoms with Crippen LogP contribution in [0.5, 0.6) is 0 Å². The number of thioether (sulfide) groups is 1. The van der Waals surface area contributed by atoms with Crippen molar-refractivity contribution in [3.8, 4) is 11.1 Å². The van der Waals surface area contributed by atoms with E-state index in [0.717, 1.165) is 45.9 Å². The van der Waals surface area contributed by atoms with Crippen LogP contribution < -0.4 is 0 Å². The van der Waals surface area contributed by atoms with Crippen molar-refractivity contribution in [2.24, 2.45) is 0 Å². The molecule has 1 saturated carbocycles. The zero-order valence-corrected chi connectivity index (χ0v) is 19.2. The minimum atomic E-state index is -0.395. The molecule has 33 heavy (non-hydrogen) atoms. The molecule has 4 aromatic rings. The van der Waals surface area contributed by atoms with Crippen molar-refractivity contribution >= 4 is 28.6 Å². The molecular weight excluding hydrogens is 432 g/mol. The molecule has 7 heteroatoms. The standard InChI is InChI=1S/C26H24N4O2S/c1-3-15-30-24(18-13-14-18)28-29-26(30)33-16-21-23(25(31)32-2)22(17-9-5-4-6-10-17)19-11-7-8-12-20(19)27-21/h3-12,18H,1,13-16H2,2H3. The van der Waals surface area contributed by atoms with Crippen molar-refractivity contribution < 1.29 is 9.53 Å². The number of methoxy groups -OCH3 is 1. The summed E-state index contributed by atoms with van der Waals surface area (Å²) in [6.45, 7) is 4.54. The van der Waals surface area contributed by atoms with E-state index in [1.807, 2.05) is 60.7 Å². The summed E-state index contributed by atoms with van der Waals surface area (Å²) in [5.74, 6) is 1.58. The lowest BCUT2D eigenvalue weighted by atomic mass is 9.94. The van der Waals surface area contributed by atoms with Gasteiger partial charge in [-0.1, -0.05) is 66.4 Å². The molecule has 0 bridgehead atoms. The number of para-hydroxylation sites is 1. The van der Waals surface area contributed by atoms with Gasteiger partial charge in [0.1, 0.15) is 5.82 Å². The highest BCUT2D eigenvalue weighted by Gasteiger charge is 2.30. The molecule has 6 nitrogen and oxygen atoms in total. The molecule has 166 valence electrons. The first-order valence-electron chi connectivity index (χ1n) is 10.9. The number of aromatic nitrogens is 4. The fourth-order valence-electron chi connectivity index (χ4n) is 4.08. The van der Waals surface area contributed by atoms with Crippen molar-refractivity contribution in [2.75, 3.05) is 7.11 Å². The number of esters is 1. The highest BCUT2D eigenvalue weighted by atomic mass is 32.2. The Morgan fingerprint density at radius 3 is 2.64 bits per heavy atom. The lowest BCUT2D eigenvalue weighted by Gasteiger charge is -2.16. The first-order valence-corrected chi connectivity index (χ1v) is 11.9. The van der Waals surface area contributed by atoms with Gasteiger partial charge >= 0.3 is 5.97 Å². The first-order chi connectivity index (χ1) is 16.2. The first kappa shape index (κ1) is 21.4. The van der Waals surface area contributed by atoms with Gasteiger partial charge in [0, 0.05) is 29.2 Å². The molecule has 1 fully saturated rings. The normalized spacial score (nSPS) is 13.2. The summed E-state index contributed by atoms with van der Waals surface area (Å²) in [6.07, 6.45) is 4.17. The zero-order chi connectivity index (χ0) is 22.8. The highest BCUT2D eigenvalue weighted by molar-refractivity contribution is 7.98. The number of ether oxygens (including phenoxy) is 1. The minimum absolute atomic E-state index is 0.395. The number of hydrogen-bond acceptors (Lipinski definition) is 6. The third kappa shape index (κ3) is 4.16. The summed E-state index contributed by atoms with van der Waals surface area (Å²) in [5, 5.41) is 10.6. The van der Waals surface area contributed by atoms with Gasteiger partial charge in [-0.2, -0.15) is 0 Å². The van der Waals surface area contributed by atoms with Crippen molar-refractivity contribution in [1.29, 1.82) is 0 Å². The zero-order valence-electron chi connectivity index (χ0n) is 18.4. The average Bonchev–Trinajstić information content (AvgIpc) is 3.63. The van der Waals surface area contributed by atoms with Crippen LogP contribution >= 0.6 is 11.8 Å². The largest absolute Gasteiger partial charge is 0.465 e. The molecule has 0 amide bonds. The maximum absolute atomic E-state index is 13.0. The smallest absolute Gasteiger partial charge is 0.340 e. The predicted molar refractivity (Wildman–Crippen MR) is 130 cm³/mol. The lowest BCUT2D eigenvalue weighted by molar-refractivity contribution is 0.0600. The predicted octanol–water partition coefficient (Wildman–Crippen LogP) is 5.64. The molecule has 0 saturated heterocycles. The number of fused-ring (bicyclic) bond motifs is 1. The molecule has 0 radical (unpaired) electrons. The van der Waals surface area contributed by atoms with Crippen LogP contribution in [0.25, 0.3) is 22.0 Å². The Labute approximate surface area is 196 Å². The van der Waals surface area contributed by atoms with Crippen LogP contribution in [0.1, 0.15) is 40.6 Å². The van der Waals surface area contributed by atoms with Gasteiger partial charge in [-0.25, -0.2) is 4.79 Å². The van der Waals surface area contributed by atoms with E-state index in [-0.39, 0.29) is 0 Å². The third-order valence-electron chi connectivity index (χ3n) is 5.76. The average molecular weight is 457 g/mol.